The van der Waals surface area contributed by atoms with E-state index in [0.29, 0.717) is 0 Å². The maximum absolute atomic E-state index is 11.6. The van der Waals surface area contributed by atoms with E-state index in [2.05, 4.69) is 4.98 Å². The summed E-state index contributed by atoms with van der Waals surface area (Å²) in [5.74, 6) is 0.823. The highest BCUT2D eigenvalue weighted by Gasteiger charge is 2.05. The summed E-state index contributed by atoms with van der Waals surface area (Å²) >= 11 is 1.35. The Hall–Kier alpha value is -1.22. The Morgan fingerprint density at radius 3 is 3.07 bits per heavy atom. The van der Waals surface area contributed by atoms with Crippen LogP contribution in [-0.4, -0.2) is 15.9 Å². The quantitative estimate of drug-likeness (QED) is 0.817. The topological polar surface area (TPSA) is 32.9 Å². The minimum absolute atomic E-state index is 0.149. The number of fused-ring (bicyclic) bond motifs is 1. The lowest BCUT2D eigenvalue weighted by atomic mass is 10.2. The molecule has 2 aromatic rings. The predicted octanol–water partition coefficient (Wildman–Crippen LogP) is 3.06. The largest absolute Gasteiger partial charge is 0.361 e. The lowest BCUT2D eigenvalue weighted by molar-refractivity contribution is 0.108. The third-order valence-corrected chi connectivity index (χ3v) is 2.85. The first-order valence-corrected chi connectivity index (χ1v) is 5.54. The van der Waals surface area contributed by atoms with Crippen molar-refractivity contribution < 1.29 is 4.79 Å². The molecule has 3 heteroatoms. The second kappa shape index (κ2) is 3.88. The van der Waals surface area contributed by atoms with Crippen molar-refractivity contribution in [3.05, 3.63) is 36.0 Å². The van der Waals surface area contributed by atoms with E-state index in [-0.39, 0.29) is 5.12 Å². The minimum atomic E-state index is 0.149. The third-order valence-electron chi connectivity index (χ3n) is 2.06. The Balaban J connectivity index is 2.38. The van der Waals surface area contributed by atoms with E-state index in [9.17, 15) is 4.79 Å². The molecule has 2 rings (SSSR count). The molecule has 2 nitrogen and oxygen atoms in total. The zero-order chi connectivity index (χ0) is 9.97. The van der Waals surface area contributed by atoms with Gasteiger partial charge in [-0.15, -0.1) is 0 Å². The summed E-state index contributed by atoms with van der Waals surface area (Å²) in [6.07, 6.45) is 1.88. The highest BCUT2D eigenvalue weighted by Crippen LogP contribution is 2.18. The Labute approximate surface area is 86.7 Å². The molecule has 0 saturated heterocycles. The summed E-state index contributed by atoms with van der Waals surface area (Å²) in [7, 11) is 0. The molecule has 0 bridgehead atoms. The number of aromatic amines is 1. The summed E-state index contributed by atoms with van der Waals surface area (Å²) in [4.78, 5) is 14.7. The Morgan fingerprint density at radius 2 is 2.29 bits per heavy atom. The molecule has 0 aliphatic carbocycles. The van der Waals surface area contributed by atoms with E-state index in [1.54, 1.807) is 0 Å². The van der Waals surface area contributed by atoms with Crippen LogP contribution in [0.1, 0.15) is 17.3 Å². The summed E-state index contributed by atoms with van der Waals surface area (Å²) in [5.41, 5.74) is 1.85. The molecule has 72 valence electrons. The summed E-state index contributed by atoms with van der Waals surface area (Å²) in [5, 5.41) is 1.24. The summed E-state index contributed by atoms with van der Waals surface area (Å²) in [6.45, 7) is 1.98. The SMILES string of the molecule is CCSC(=O)c1ccc2[nH]ccc2c1. The average Bonchev–Trinajstić information content (AvgIpc) is 2.64. The van der Waals surface area contributed by atoms with Crippen molar-refractivity contribution in [2.75, 3.05) is 5.75 Å². The number of benzene rings is 1. The first-order valence-electron chi connectivity index (χ1n) is 4.55. The molecule has 0 saturated carbocycles. The van der Waals surface area contributed by atoms with E-state index in [1.165, 1.54) is 11.8 Å². The van der Waals surface area contributed by atoms with E-state index >= 15 is 0 Å². The second-order valence-corrected chi connectivity index (χ2v) is 4.24. The van der Waals surface area contributed by atoms with Crippen LogP contribution in [0.25, 0.3) is 10.9 Å². The standard InChI is InChI=1S/C11H11NOS/c1-2-14-11(13)9-3-4-10-8(7-9)5-6-12-10/h3-7,12H,2H2,1H3. The highest BCUT2D eigenvalue weighted by molar-refractivity contribution is 8.14. The van der Waals surface area contributed by atoms with Gasteiger partial charge in [-0.2, -0.15) is 0 Å². The zero-order valence-corrected chi connectivity index (χ0v) is 8.73. The summed E-state index contributed by atoms with van der Waals surface area (Å²) < 4.78 is 0. The fourth-order valence-corrected chi connectivity index (χ4v) is 1.95. The van der Waals surface area contributed by atoms with Gasteiger partial charge in [-0.05, 0) is 30.0 Å². The summed E-state index contributed by atoms with van der Waals surface area (Å²) in [6, 6.07) is 7.71. The molecule has 0 amide bonds. The van der Waals surface area contributed by atoms with E-state index in [4.69, 9.17) is 0 Å². The van der Waals surface area contributed by atoms with E-state index in [0.717, 1.165) is 22.2 Å². The van der Waals surface area contributed by atoms with Gasteiger partial charge in [-0.1, -0.05) is 18.7 Å². The molecule has 0 atom stereocenters. The van der Waals surface area contributed by atoms with Gasteiger partial charge in [0.2, 0.25) is 5.12 Å². The van der Waals surface area contributed by atoms with Crippen LogP contribution in [0.5, 0.6) is 0 Å². The number of carbonyl (C=O) groups excluding carboxylic acids is 1. The third kappa shape index (κ3) is 1.68. The lowest BCUT2D eigenvalue weighted by Gasteiger charge is -1.98. The van der Waals surface area contributed by atoms with Gasteiger partial charge in [-0.3, -0.25) is 4.79 Å². The highest BCUT2D eigenvalue weighted by atomic mass is 32.2. The molecular weight excluding hydrogens is 194 g/mol. The second-order valence-electron chi connectivity index (χ2n) is 3.00. The number of hydrogen-bond acceptors (Lipinski definition) is 2. The molecular formula is C11H11NOS. The van der Waals surface area contributed by atoms with Gasteiger partial charge >= 0.3 is 0 Å². The molecule has 1 heterocycles. The van der Waals surface area contributed by atoms with Crippen LogP contribution in [0.2, 0.25) is 0 Å². The average molecular weight is 205 g/mol. The number of rotatable bonds is 2. The van der Waals surface area contributed by atoms with Gasteiger partial charge < -0.3 is 4.98 Å². The molecule has 14 heavy (non-hydrogen) atoms. The van der Waals surface area contributed by atoms with Crippen LogP contribution in [0.4, 0.5) is 0 Å². The molecule has 0 radical (unpaired) electrons. The Morgan fingerprint density at radius 1 is 1.43 bits per heavy atom. The van der Waals surface area contributed by atoms with Crippen molar-refractivity contribution >= 4 is 27.8 Å². The molecule has 0 aliphatic rings. The monoisotopic (exact) mass is 205 g/mol. The predicted molar refractivity (Wildman–Crippen MR) is 60.8 cm³/mol. The number of nitrogens with one attached hydrogen (secondary N) is 1. The molecule has 0 spiro atoms. The van der Waals surface area contributed by atoms with Crippen molar-refractivity contribution in [2.24, 2.45) is 0 Å². The smallest absolute Gasteiger partial charge is 0.219 e. The minimum Gasteiger partial charge on any atom is -0.361 e. The lowest BCUT2D eigenvalue weighted by Crippen LogP contribution is -1.92. The normalized spacial score (nSPS) is 10.6. The number of thioether (sulfide) groups is 1. The Kier molecular flexibility index (Phi) is 2.59. The molecule has 1 aromatic carbocycles. The molecule has 0 fully saturated rings. The first kappa shape index (κ1) is 9.34. The van der Waals surface area contributed by atoms with Gasteiger partial charge in [0, 0.05) is 22.7 Å². The molecule has 0 unspecified atom stereocenters. The first-order chi connectivity index (χ1) is 6.81. The van der Waals surface area contributed by atoms with Crippen molar-refractivity contribution in [1.29, 1.82) is 0 Å². The van der Waals surface area contributed by atoms with Crippen LogP contribution in [0.3, 0.4) is 0 Å². The fourth-order valence-electron chi connectivity index (χ4n) is 1.39. The zero-order valence-electron chi connectivity index (χ0n) is 7.91. The van der Waals surface area contributed by atoms with Crippen LogP contribution in [0.15, 0.2) is 30.5 Å². The van der Waals surface area contributed by atoms with Crippen LogP contribution >= 0.6 is 11.8 Å². The number of aromatic nitrogens is 1. The van der Waals surface area contributed by atoms with Crippen LogP contribution in [0, 0.1) is 0 Å². The van der Waals surface area contributed by atoms with Gasteiger partial charge in [0.15, 0.2) is 0 Å². The van der Waals surface area contributed by atoms with Crippen molar-refractivity contribution in [3.8, 4) is 0 Å². The van der Waals surface area contributed by atoms with Gasteiger partial charge in [0.1, 0.15) is 0 Å². The molecule has 1 aromatic heterocycles. The van der Waals surface area contributed by atoms with Crippen molar-refractivity contribution in [2.45, 2.75) is 6.92 Å². The van der Waals surface area contributed by atoms with E-state index < -0.39 is 0 Å². The number of carbonyl (C=O) groups is 1. The maximum atomic E-state index is 11.6. The van der Waals surface area contributed by atoms with Gasteiger partial charge in [0.25, 0.3) is 0 Å². The van der Waals surface area contributed by atoms with Gasteiger partial charge in [-0.25, -0.2) is 0 Å². The fraction of sp³-hybridized carbons (Fsp3) is 0.182. The maximum Gasteiger partial charge on any atom is 0.219 e. The van der Waals surface area contributed by atoms with Crippen LogP contribution in [-0.2, 0) is 0 Å². The molecule has 1 N–H and O–H groups in total. The Bertz CT molecular complexity index is 461. The number of hydrogen-bond donors (Lipinski definition) is 1. The number of H-pyrrole nitrogens is 1. The van der Waals surface area contributed by atoms with Crippen molar-refractivity contribution in [1.82, 2.24) is 4.98 Å². The van der Waals surface area contributed by atoms with E-state index in [1.807, 2.05) is 37.4 Å². The van der Waals surface area contributed by atoms with Gasteiger partial charge in [0.05, 0.1) is 0 Å². The van der Waals surface area contributed by atoms with Crippen molar-refractivity contribution in [3.63, 3.8) is 0 Å². The molecule has 0 aliphatic heterocycles. The van der Waals surface area contributed by atoms with Crippen LogP contribution < -0.4 is 0 Å².